The van der Waals surface area contributed by atoms with Crippen molar-refractivity contribution < 1.29 is 13.9 Å². The molecule has 0 amide bonds. The molecular formula is C26H27ClFN5O2. The first kappa shape index (κ1) is 23.7. The molecule has 35 heavy (non-hydrogen) atoms. The fourth-order valence-corrected chi connectivity index (χ4v) is 4.74. The highest BCUT2D eigenvalue weighted by Gasteiger charge is 2.25. The van der Waals surface area contributed by atoms with Crippen molar-refractivity contribution in [1.29, 1.82) is 5.26 Å². The summed E-state index contributed by atoms with van der Waals surface area (Å²) in [5.41, 5.74) is 2.02. The van der Waals surface area contributed by atoms with Gasteiger partial charge in [-0.1, -0.05) is 23.7 Å². The van der Waals surface area contributed by atoms with Gasteiger partial charge in [-0.25, -0.2) is 14.4 Å². The standard InChI is InChI=1S/C26H27ClFN5O2/c27-20-5-4-19(23(28)12-20)17-35-26-3-1-2-24(31-26)18-6-9-32(10-7-18)16-25-30-14-21(13-29)33(25)15-22-8-11-34-22/h1-5,12,14,18,22H,6-11,15-17H2. The Morgan fingerprint density at radius 3 is 2.74 bits per heavy atom. The molecule has 5 rings (SSSR count). The van der Waals surface area contributed by atoms with E-state index in [4.69, 9.17) is 21.1 Å². The summed E-state index contributed by atoms with van der Waals surface area (Å²) in [6.45, 7) is 4.13. The molecule has 0 spiro atoms. The molecule has 182 valence electrons. The van der Waals surface area contributed by atoms with Crippen LogP contribution < -0.4 is 4.74 Å². The van der Waals surface area contributed by atoms with Crippen LogP contribution in [0.25, 0.3) is 0 Å². The smallest absolute Gasteiger partial charge is 0.213 e. The average molecular weight is 496 g/mol. The van der Waals surface area contributed by atoms with Crippen molar-refractivity contribution in [1.82, 2.24) is 19.4 Å². The number of piperidine rings is 1. The van der Waals surface area contributed by atoms with Gasteiger partial charge in [-0.05, 0) is 50.6 Å². The summed E-state index contributed by atoms with van der Waals surface area (Å²) >= 11 is 5.82. The van der Waals surface area contributed by atoms with Crippen molar-refractivity contribution in [2.45, 2.75) is 51.0 Å². The number of aromatic nitrogens is 3. The summed E-state index contributed by atoms with van der Waals surface area (Å²) < 4.78 is 27.4. The van der Waals surface area contributed by atoms with Gasteiger partial charge in [0.15, 0.2) is 0 Å². The second-order valence-electron chi connectivity index (χ2n) is 9.04. The quantitative estimate of drug-likeness (QED) is 0.451. The van der Waals surface area contributed by atoms with E-state index in [-0.39, 0.29) is 18.5 Å². The van der Waals surface area contributed by atoms with Crippen LogP contribution >= 0.6 is 11.6 Å². The van der Waals surface area contributed by atoms with Gasteiger partial charge in [0.1, 0.15) is 30.0 Å². The van der Waals surface area contributed by atoms with E-state index in [9.17, 15) is 9.65 Å². The molecule has 0 saturated carbocycles. The van der Waals surface area contributed by atoms with Gasteiger partial charge in [0.25, 0.3) is 0 Å². The van der Waals surface area contributed by atoms with Crippen LogP contribution in [0.3, 0.4) is 0 Å². The van der Waals surface area contributed by atoms with Gasteiger partial charge in [0.05, 0.1) is 25.4 Å². The third-order valence-electron chi connectivity index (χ3n) is 6.74. The van der Waals surface area contributed by atoms with Crippen molar-refractivity contribution in [3.8, 4) is 11.9 Å². The third kappa shape index (κ3) is 5.64. The minimum Gasteiger partial charge on any atom is -0.473 e. The van der Waals surface area contributed by atoms with E-state index in [2.05, 4.69) is 20.9 Å². The summed E-state index contributed by atoms with van der Waals surface area (Å²) in [7, 11) is 0. The highest BCUT2D eigenvalue weighted by molar-refractivity contribution is 6.30. The van der Waals surface area contributed by atoms with Crippen LogP contribution in [0.1, 0.15) is 48.0 Å². The summed E-state index contributed by atoms with van der Waals surface area (Å²) in [5, 5.41) is 9.81. The number of hydrogen-bond acceptors (Lipinski definition) is 6. The summed E-state index contributed by atoms with van der Waals surface area (Å²) in [4.78, 5) is 11.6. The average Bonchev–Trinajstić information content (AvgIpc) is 3.22. The zero-order valence-corrected chi connectivity index (χ0v) is 20.1. The van der Waals surface area contributed by atoms with Crippen LogP contribution in [0.5, 0.6) is 5.88 Å². The molecule has 1 aromatic carbocycles. The van der Waals surface area contributed by atoms with Crippen molar-refractivity contribution in [2.24, 2.45) is 0 Å². The Bertz CT molecular complexity index is 1210. The molecule has 2 fully saturated rings. The molecule has 0 radical (unpaired) electrons. The zero-order chi connectivity index (χ0) is 24.2. The fourth-order valence-electron chi connectivity index (χ4n) is 4.58. The summed E-state index contributed by atoms with van der Waals surface area (Å²) in [6.07, 6.45) is 4.81. The number of benzene rings is 1. The highest BCUT2D eigenvalue weighted by Crippen LogP contribution is 2.29. The number of halogens is 2. The molecule has 7 nitrogen and oxygen atoms in total. The first-order chi connectivity index (χ1) is 17.1. The largest absolute Gasteiger partial charge is 0.473 e. The SMILES string of the molecule is N#Cc1cnc(CN2CCC(c3cccc(OCc4ccc(Cl)cc4F)n3)CC2)n1CC1CCO1. The zero-order valence-electron chi connectivity index (χ0n) is 19.4. The summed E-state index contributed by atoms with van der Waals surface area (Å²) in [6, 6.07) is 12.6. The van der Waals surface area contributed by atoms with Crippen LogP contribution in [-0.4, -0.2) is 45.2 Å². The Kier molecular flexibility index (Phi) is 7.28. The molecule has 0 bridgehead atoms. The second-order valence-corrected chi connectivity index (χ2v) is 9.48. The van der Waals surface area contributed by atoms with E-state index >= 15 is 0 Å². The van der Waals surface area contributed by atoms with Crippen LogP contribution in [0.15, 0.2) is 42.6 Å². The highest BCUT2D eigenvalue weighted by atomic mass is 35.5. The topological polar surface area (TPSA) is 76.2 Å². The first-order valence-corrected chi connectivity index (χ1v) is 12.3. The number of ether oxygens (including phenoxy) is 2. The molecule has 4 heterocycles. The molecule has 1 unspecified atom stereocenters. The van der Waals surface area contributed by atoms with E-state index in [1.165, 1.54) is 6.07 Å². The minimum absolute atomic E-state index is 0.0983. The van der Waals surface area contributed by atoms with Crippen molar-refractivity contribution in [3.63, 3.8) is 0 Å². The monoisotopic (exact) mass is 495 g/mol. The molecule has 2 aliphatic heterocycles. The number of hydrogen-bond donors (Lipinski definition) is 0. The molecule has 3 aromatic rings. The predicted molar refractivity (Wildman–Crippen MR) is 129 cm³/mol. The number of nitriles is 1. The van der Waals surface area contributed by atoms with E-state index in [0.717, 1.165) is 50.5 Å². The lowest BCUT2D eigenvalue weighted by Crippen LogP contribution is -2.35. The van der Waals surface area contributed by atoms with Gasteiger partial charge in [-0.2, -0.15) is 5.26 Å². The maximum Gasteiger partial charge on any atom is 0.213 e. The Morgan fingerprint density at radius 2 is 2.03 bits per heavy atom. The molecule has 0 N–H and O–H groups in total. The predicted octanol–water partition coefficient (Wildman–Crippen LogP) is 4.69. The van der Waals surface area contributed by atoms with Gasteiger partial charge in [-0.3, -0.25) is 4.90 Å². The molecule has 1 atom stereocenters. The normalized spacial score (nSPS) is 18.7. The summed E-state index contributed by atoms with van der Waals surface area (Å²) in [5.74, 6) is 1.35. The number of nitrogens with zero attached hydrogens (tertiary/aromatic N) is 5. The van der Waals surface area contributed by atoms with E-state index in [1.54, 1.807) is 24.4 Å². The molecule has 2 aromatic heterocycles. The van der Waals surface area contributed by atoms with Crippen molar-refractivity contribution in [3.05, 3.63) is 76.2 Å². The lowest BCUT2D eigenvalue weighted by Gasteiger charge is -2.32. The minimum atomic E-state index is -0.385. The van der Waals surface area contributed by atoms with Crippen LogP contribution in [0.4, 0.5) is 4.39 Å². The lowest BCUT2D eigenvalue weighted by molar-refractivity contribution is -0.0599. The van der Waals surface area contributed by atoms with E-state index in [0.29, 0.717) is 41.2 Å². The Morgan fingerprint density at radius 1 is 1.20 bits per heavy atom. The Labute approximate surface area is 209 Å². The Balaban J connectivity index is 1.17. The third-order valence-corrected chi connectivity index (χ3v) is 6.97. The molecular weight excluding hydrogens is 469 g/mol. The number of pyridine rings is 1. The maximum absolute atomic E-state index is 14.0. The van der Waals surface area contributed by atoms with E-state index < -0.39 is 0 Å². The molecule has 9 heteroatoms. The van der Waals surface area contributed by atoms with Crippen LogP contribution in [0.2, 0.25) is 5.02 Å². The maximum atomic E-state index is 14.0. The number of imidazole rings is 1. The first-order valence-electron chi connectivity index (χ1n) is 11.9. The molecule has 2 saturated heterocycles. The molecule has 0 aliphatic carbocycles. The van der Waals surface area contributed by atoms with Gasteiger partial charge in [0, 0.05) is 34.9 Å². The molecule has 2 aliphatic rings. The van der Waals surface area contributed by atoms with Crippen molar-refractivity contribution in [2.75, 3.05) is 19.7 Å². The number of rotatable bonds is 8. The van der Waals surface area contributed by atoms with Gasteiger partial charge < -0.3 is 14.0 Å². The van der Waals surface area contributed by atoms with Crippen molar-refractivity contribution >= 4 is 11.6 Å². The van der Waals surface area contributed by atoms with Gasteiger partial charge in [0.2, 0.25) is 5.88 Å². The van der Waals surface area contributed by atoms with Gasteiger partial charge in [-0.15, -0.1) is 0 Å². The second kappa shape index (κ2) is 10.7. The van der Waals surface area contributed by atoms with E-state index in [1.807, 2.05) is 16.7 Å². The fraction of sp³-hybridized carbons (Fsp3) is 0.423. The van der Waals surface area contributed by atoms with Gasteiger partial charge >= 0.3 is 0 Å². The van der Waals surface area contributed by atoms with Crippen LogP contribution in [-0.2, 0) is 24.4 Å². The Hall–Kier alpha value is -2.99. The lowest BCUT2D eigenvalue weighted by atomic mass is 9.93. The van der Waals surface area contributed by atoms with Crippen LogP contribution in [0, 0.1) is 17.1 Å². The number of likely N-dealkylation sites (tertiary alicyclic amines) is 1.